The molecule has 2 aliphatic heterocycles. The van der Waals surface area contributed by atoms with Gasteiger partial charge in [-0.15, -0.1) is 0 Å². The van der Waals surface area contributed by atoms with Crippen LogP contribution in [0.1, 0.15) is 25.3 Å². The summed E-state index contributed by atoms with van der Waals surface area (Å²) in [5, 5.41) is 3.43. The number of sulfone groups is 1. The van der Waals surface area contributed by atoms with Gasteiger partial charge < -0.3 is 10.2 Å². The maximum absolute atomic E-state index is 12.9. The van der Waals surface area contributed by atoms with Crippen molar-refractivity contribution in [1.82, 2.24) is 5.32 Å². The summed E-state index contributed by atoms with van der Waals surface area (Å²) >= 11 is 0. The molecule has 0 aromatic heterocycles. The highest BCUT2D eigenvalue weighted by Crippen LogP contribution is 2.39. The van der Waals surface area contributed by atoms with Crippen LogP contribution in [0.2, 0.25) is 0 Å². The van der Waals surface area contributed by atoms with Gasteiger partial charge in [-0.3, -0.25) is 0 Å². The van der Waals surface area contributed by atoms with Crippen LogP contribution in [-0.4, -0.2) is 33.6 Å². The number of hydrogen-bond donors (Lipinski definition) is 1. The molecule has 0 bridgehead atoms. The van der Waals surface area contributed by atoms with Crippen LogP contribution in [0.5, 0.6) is 0 Å². The molecule has 2 heterocycles. The van der Waals surface area contributed by atoms with E-state index in [1.54, 1.807) is 30.3 Å². The van der Waals surface area contributed by atoms with E-state index in [4.69, 9.17) is 0 Å². The van der Waals surface area contributed by atoms with Crippen LogP contribution in [0, 0.1) is 0 Å². The van der Waals surface area contributed by atoms with Crippen LogP contribution in [0.25, 0.3) is 0 Å². The summed E-state index contributed by atoms with van der Waals surface area (Å²) in [6, 6.07) is 14.3. The number of anilines is 1. The van der Waals surface area contributed by atoms with Crippen molar-refractivity contribution in [2.75, 3.05) is 24.5 Å². The van der Waals surface area contributed by atoms with E-state index in [0.29, 0.717) is 9.79 Å². The summed E-state index contributed by atoms with van der Waals surface area (Å²) in [7, 11) is -3.45. The van der Waals surface area contributed by atoms with Crippen molar-refractivity contribution >= 4 is 15.5 Å². The molecule has 132 valence electrons. The molecule has 2 aromatic rings. The molecule has 25 heavy (non-hydrogen) atoms. The summed E-state index contributed by atoms with van der Waals surface area (Å²) in [5.41, 5.74) is 2.52. The fraction of sp³-hybridized carbons (Fsp3) is 0.400. The van der Waals surface area contributed by atoms with Crippen LogP contribution in [0.4, 0.5) is 5.69 Å². The first-order valence-corrected chi connectivity index (χ1v) is 10.4. The van der Waals surface area contributed by atoms with Crippen LogP contribution in [0.3, 0.4) is 0 Å². The maximum Gasteiger partial charge on any atom is 0.206 e. The van der Waals surface area contributed by atoms with Crippen molar-refractivity contribution in [3.63, 3.8) is 0 Å². The largest absolute Gasteiger partial charge is 0.365 e. The Labute approximate surface area is 149 Å². The lowest BCUT2D eigenvalue weighted by atomic mass is 9.88. The molecule has 2 aromatic carbocycles. The zero-order valence-corrected chi connectivity index (χ0v) is 15.3. The monoisotopic (exact) mass is 356 g/mol. The first-order chi connectivity index (χ1) is 12.0. The van der Waals surface area contributed by atoms with Gasteiger partial charge in [0.1, 0.15) is 0 Å². The molecule has 4 nitrogen and oxygen atoms in total. The highest BCUT2D eigenvalue weighted by atomic mass is 32.2. The molecule has 0 atom stereocenters. The summed E-state index contributed by atoms with van der Waals surface area (Å²) in [6.07, 6.45) is 3.16. The molecule has 5 heteroatoms. The van der Waals surface area contributed by atoms with Gasteiger partial charge in [0.05, 0.1) is 9.79 Å². The van der Waals surface area contributed by atoms with E-state index in [1.807, 2.05) is 18.2 Å². The van der Waals surface area contributed by atoms with E-state index in [0.717, 1.165) is 44.5 Å². The Morgan fingerprint density at radius 3 is 2.44 bits per heavy atom. The van der Waals surface area contributed by atoms with Crippen LogP contribution in [-0.2, 0) is 16.3 Å². The maximum atomic E-state index is 12.9. The molecule has 1 saturated heterocycles. The predicted octanol–water partition coefficient (Wildman–Crippen LogP) is 3.02. The van der Waals surface area contributed by atoms with Gasteiger partial charge in [-0.2, -0.15) is 0 Å². The second-order valence-electron chi connectivity index (χ2n) is 7.26. The zero-order valence-electron chi connectivity index (χ0n) is 14.5. The molecule has 0 saturated carbocycles. The molecular formula is C20H24N2O2S. The lowest BCUT2D eigenvalue weighted by Crippen LogP contribution is -2.52. The summed E-state index contributed by atoms with van der Waals surface area (Å²) in [6.45, 7) is 5.39. The van der Waals surface area contributed by atoms with Crippen molar-refractivity contribution in [2.24, 2.45) is 0 Å². The van der Waals surface area contributed by atoms with Gasteiger partial charge in [0.2, 0.25) is 9.84 Å². The third kappa shape index (κ3) is 2.85. The van der Waals surface area contributed by atoms with Gasteiger partial charge >= 0.3 is 0 Å². The number of hydrogen-bond acceptors (Lipinski definition) is 4. The quantitative estimate of drug-likeness (QED) is 0.918. The Morgan fingerprint density at radius 1 is 1.00 bits per heavy atom. The summed E-state index contributed by atoms with van der Waals surface area (Å²) in [5.74, 6) is 0. The molecular weight excluding hydrogens is 332 g/mol. The fourth-order valence-corrected chi connectivity index (χ4v) is 5.41. The highest BCUT2D eigenvalue weighted by molar-refractivity contribution is 7.91. The first kappa shape index (κ1) is 16.6. The second kappa shape index (κ2) is 6.15. The standard InChI is InChI=1S/C20H24N2O2S/c1-20(10-12-21-13-11-20)22-14-9-16-15-18(7-8-19(16)22)25(23,24)17-5-3-2-4-6-17/h2-8,15,21H,9-14H2,1H3. The Morgan fingerprint density at radius 2 is 1.72 bits per heavy atom. The molecule has 0 spiro atoms. The molecule has 0 unspecified atom stereocenters. The van der Waals surface area contributed by atoms with Crippen LogP contribution >= 0.6 is 0 Å². The van der Waals surface area contributed by atoms with Crippen molar-refractivity contribution in [2.45, 2.75) is 41.5 Å². The van der Waals surface area contributed by atoms with Crippen LogP contribution < -0.4 is 10.2 Å². The first-order valence-electron chi connectivity index (χ1n) is 8.92. The molecule has 1 fully saturated rings. The molecule has 4 rings (SSSR count). The van der Waals surface area contributed by atoms with E-state index in [9.17, 15) is 8.42 Å². The van der Waals surface area contributed by atoms with Crippen molar-refractivity contribution < 1.29 is 8.42 Å². The minimum Gasteiger partial charge on any atom is -0.365 e. The number of benzene rings is 2. The SMILES string of the molecule is CC1(N2CCc3cc(S(=O)(=O)c4ccccc4)ccc32)CCNCC1. The topological polar surface area (TPSA) is 49.4 Å². The summed E-state index contributed by atoms with van der Waals surface area (Å²) < 4.78 is 25.7. The van der Waals surface area contributed by atoms with Crippen molar-refractivity contribution in [3.05, 3.63) is 54.1 Å². The van der Waals surface area contributed by atoms with Gasteiger partial charge in [0, 0.05) is 17.8 Å². The Bertz CT molecular complexity index is 872. The molecule has 2 aliphatic rings. The van der Waals surface area contributed by atoms with E-state index < -0.39 is 9.84 Å². The number of fused-ring (bicyclic) bond motifs is 1. The van der Waals surface area contributed by atoms with E-state index in [1.165, 1.54) is 5.69 Å². The van der Waals surface area contributed by atoms with E-state index in [2.05, 4.69) is 17.1 Å². The van der Waals surface area contributed by atoms with Gasteiger partial charge in [0.15, 0.2) is 0 Å². The van der Waals surface area contributed by atoms with Gasteiger partial charge in [-0.25, -0.2) is 8.42 Å². The molecule has 1 N–H and O–H groups in total. The second-order valence-corrected chi connectivity index (χ2v) is 9.21. The van der Waals surface area contributed by atoms with Gasteiger partial charge in [-0.05, 0) is 75.2 Å². The zero-order chi connectivity index (χ0) is 17.5. The number of rotatable bonds is 3. The smallest absolute Gasteiger partial charge is 0.206 e. The lowest BCUT2D eigenvalue weighted by Gasteiger charge is -2.44. The van der Waals surface area contributed by atoms with Gasteiger partial charge in [-0.1, -0.05) is 18.2 Å². The van der Waals surface area contributed by atoms with Crippen molar-refractivity contribution in [3.8, 4) is 0 Å². The number of piperidine rings is 1. The third-order valence-electron chi connectivity index (χ3n) is 5.64. The summed E-state index contributed by atoms with van der Waals surface area (Å²) in [4.78, 5) is 3.24. The van der Waals surface area contributed by atoms with E-state index >= 15 is 0 Å². The molecule has 0 aliphatic carbocycles. The average molecular weight is 356 g/mol. The van der Waals surface area contributed by atoms with E-state index in [-0.39, 0.29) is 5.54 Å². The number of nitrogens with zero attached hydrogens (tertiary/aromatic N) is 1. The minimum atomic E-state index is -3.45. The molecule has 0 radical (unpaired) electrons. The Hall–Kier alpha value is -1.85. The lowest BCUT2D eigenvalue weighted by molar-refractivity contribution is 0.316. The number of nitrogens with one attached hydrogen (secondary N) is 1. The molecule has 0 amide bonds. The predicted molar refractivity (Wildman–Crippen MR) is 99.9 cm³/mol. The minimum absolute atomic E-state index is 0.163. The average Bonchev–Trinajstić information content (AvgIpc) is 3.07. The van der Waals surface area contributed by atoms with Crippen molar-refractivity contribution in [1.29, 1.82) is 0 Å². The normalized spacial score (nSPS) is 19.6. The third-order valence-corrected chi connectivity index (χ3v) is 7.41. The van der Waals surface area contributed by atoms with Gasteiger partial charge in [0.25, 0.3) is 0 Å². The van der Waals surface area contributed by atoms with Crippen LogP contribution in [0.15, 0.2) is 58.3 Å². The Balaban J connectivity index is 1.68. The highest BCUT2D eigenvalue weighted by Gasteiger charge is 2.37. The Kier molecular flexibility index (Phi) is 4.08. The fourth-order valence-electron chi connectivity index (χ4n) is 4.08.